The van der Waals surface area contributed by atoms with Gasteiger partial charge in [0.1, 0.15) is 0 Å². The number of hydrogen-bond acceptors (Lipinski definition) is 5. The van der Waals surface area contributed by atoms with Crippen LogP contribution >= 0.6 is 0 Å². The molecule has 9 nitrogen and oxygen atoms in total. The SMILES string of the molecule is C1=CN2C=Cc3ccccc3N2C=C1.O.O.O=C(NC(Cc1c[n-]c2ccccc12)C(=O)[O-])c1ccccc1.[Pd+2]. The fourth-order valence-corrected chi connectivity index (χ4v) is 4.22. The molecular weight excluding hydrogens is 603 g/mol. The van der Waals surface area contributed by atoms with Crippen molar-refractivity contribution in [1.82, 2.24) is 15.3 Å². The zero-order chi connectivity index (χ0) is 25.6. The van der Waals surface area contributed by atoms with Gasteiger partial charge in [0.25, 0.3) is 5.91 Å². The van der Waals surface area contributed by atoms with Gasteiger partial charge < -0.3 is 31.2 Å². The maximum Gasteiger partial charge on any atom is 2.00 e. The molecule has 1 aromatic heterocycles. The normalized spacial score (nSPS) is 12.8. The van der Waals surface area contributed by atoms with E-state index in [0.717, 1.165) is 16.5 Å². The zero-order valence-corrected chi connectivity index (χ0v) is 22.8. The number of carboxylic acid groups (broad SMARTS) is 1. The maximum absolute atomic E-state index is 12.1. The van der Waals surface area contributed by atoms with Crippen LogP contribution in [0.5, 0.6) is 0 Å². The molecule has 0 spiro atoms. The van der Waals surface area contributed by atoms with Crippen LogP contribution in [0.25, 0.3) is 17.0 Å². The van der Waals surface area contributed by atoms with Crippen molar-refractivity contribution in [2.45, 2.75) is 12.5 Å². The fraction of sp³-hybridized carbons (Fsp3) is 0.0667. The van der Waals surface area contributed by atoms with Crippen molar-refractivity contribution < 1.29 is 46.1 Å². The molecule has 1 unspecified atom stereocenters. The van der Waals surface area contributed by atoms with E-state index < -0.39 is 17.9 Å². The molecule has 208 valence electrons. The number of hydrogen-bond donors (Lipinski definition) is 1. The van der Waals surface area contributed by atoms with Crippen molar-refractivity contribution >= 4 is 34.5 Å². The molecular formula is C30H28N4O5Pd. The van der Waals surface area contributed by atoms with Gasteiger partial charge in [-0.05, 0) is 48.2 Å². The average Bonchev–Trinajstić information content (AvgIpc) is 3.36. The predicted octanol–water partition coefficient (Wildman–Crippen LogP) is 1.97. The van der Waals surface area contributed by atoms with E-state index in [9.17, 15) is 14.7 Å². The van der Waals surface area contributed by atoms with Gasteiger partial charge in [-0.2, -0.15) is 6.20 Å². The topological polar surface area (TPSA) is 153 Å². The summed E-state index contributed by atoms with van der Waals surface area (Å²) in [6.45, 7) is 0. The second-order valence-corrected chi connectivity index (χ2v) is 8.50. The number of carboxylic acids is 1. The number of carbonyl (C=O) groups is 2. The van der Waals surface area contributed by atoms with Crippen molar-refractivity contribution in [3.63, 3.8) is 0 Å². The molecule has 3 heterocycles. The molecule has 3 aromatic carbocycles. The van der Waals surface area contributed by atoms with Gasteiger partial charge in [-0.1, -0.05) is 66.2 Å². The Labute approximate surface area is 245 Å². The van der Waals surface area contributed by atoms with E-state index in [4.69, 9.17) is 0 Å². The Morgan fingerprint density at radius 2 is 1.52 bits per heavy atom. The van der Waals surface area contributed by atoms with E-state index in [-0.39, 0.29) is 37.8 Å². The first-order valence-corrected chi connectivity index (χ1v) is 11.9. The van der Waals surface area contributed by atoms with Gasteiger partial charge in [0.05, 0.1) is 17.7 Å². The monoisotopic (exact) mass is 630 g/mol. The van der Waals surface area contributed by atoms with Gasteiger partial charge in [0, 0.05) is 29.7 Å². The maximum atomic E-state index is 12.1. The summed E-state index contributed by atoms with van der Waals surface area (Å²) in [6, 6.07) is 23.2. The summed E-state index contributed by atoms with van der Waals surface area (Å²) in [5.74, 6) is -1.76. The van der Waals surface area contributed by atoms with Crippen molar-refractivity contribution in [3.05, 3.63) is 133 Å². The number of benzene rings is 3. The Morgan fingerprint density at radius 1 is 0.850 bits per heavy atom. The number of aliphatic carboxylic acids is 1. The molecule has 1 atom stereocenters. The number of anilines is 1. The zero-order valence-electron chi connectivity index (χ0n) is 21.2. The Bertz CT molecular complexity index is 1520. The third-order valence-corrected chi connectivity index (χ3v) is 6.08. The van der Waals surface area contributed by atoms with Crippen LogP contribution in [0.3, 0.4) is 0 Å². The third kappa shape index (κ3) is 7.14. The molecule has 0 saturated carbocycles. The molecule has 2 aliphatic rings. The predicted molar refractivity (Wildman–Crippen MR) is 149 cm³/mol. The number of para-hydroxylation sites is 2. The van der Waals surface area contributed by atoms with Crippen LogP contribution in [-0.4, -0.2) is 33.9 Å². The Balaban J connectivity index is 0.000000285. The standard InChI is InChI=1S/C18H15N2O3.C12H10N2.2H2O.Pd/c21-17(12-6-2-1-3-7-12)20-16(18(22)23)10-13-11-19-15-9-5-4-8-14(13)15;1-2-6-12-11(5-1)7-10-13-8-3-4-9-14(12)13;;;/h1-9,11,16H,10H2,(H,20,21)(H,22,23);1-10H;2*1H2;/q-1;;;;+2/p-1. The van der Waals surface area contributed by atoms with Crippen LogP contribution in [0.15, 0.2) is 116 Å². The second kappa shape index (κ2) is 14.6. The number of fused-ring (bicyclic) bond motifs is 4. The van der Waals surface area contributed by atoms with Gasteiger partial charge in [0.15, 0.2) is 0 Å². The van der Waals surface area contributed by atoms with Crippen LogP contribution in [0.2, 0.25) is 0 Å². The van der Waals surface area contributed by atoms with Crippen molar-refractivity contribution in [3.8, 4) is 0 Å². The molecule has 10 heteroatoms. The minimum absolute atomic E-state index is 0. The van der Waals surface area contributed by atoms with Crippen LogP contribution < -0.4 is 20.4 Å². The minimum atomic E-state index is -1.32. The van der Waals surface area contributed by atoms with Gasteiger partial charge in [-0.25, -0.2) is 0 Å². The first-order chi connectivity index (χ1) is 18.1. The number of hydrazine groups is 1. The quantitative estimate of drug-likeness (QED) is 0.333. The number of rotatable bonds is 5. The number of amides is 1. The summed E-state index contributed by atoms with van der Waals surface area (Å²) in [4.78, 5) is 27.8. The summed E-state index contributed by atoms with van der Waals surface area (Å²) >= 11 is 0. The molecule has 5 N–H and O–H groups in total. The van der Waals surface area contributed by atoms with Gasteiger partial charge >= 0.3 is 20.4 Å². The summed E-state index contributed by atoms with van der Waals surface area (Å²) in [5, 5.41) is 18.9. The van der Waals surface area contributed by atoms with Crippen LogP contribution in [0.4, 0.5) is 5.69 Å². The van der Waals surface area contributed by atoms with E-state index in [0.29, 0.717) is 5.56 Å². The van der Waals surface area contributed by atoms with Crippen LogP contribution in [0, 0.1) is 0 Å². The number of allylic oxidation sites excluding steroid dienone is 2. The van der Waals surface area contributed by atoms with E-state index in [1.807, 2.05) is 42.6 Å². The number of nitrogens with zero attached hydrogens (tertiary/aromatic N) is 3. The van der Waals surface area contributed by atoms with Gasteiger partial charge in [-0.3, -0.25) is 14.8 Å². The largest absolute Gasteiger partial charge is 2.00 e. The summed E-state index contributed by atoms with van der Waals surface area (Å²) in [5.41, 5.74) is 4.45. The fourth-order valence-electron chi connectivity index (χ4n) is 4.22. The number of nitrogens with one attached hydrogen (secondary N) is 1. The molecule has 4 aromatic rings. The van der Waals surface area contributed by atoms with E-state index in [1.54, 1.807) is 36.5 Å². The molecule has 40 heavy (non-hydrogen) atoms. The van der Waals surface area contributed by atoms with Crippen molar-refractivity contribution in [2.24, 2.45) is 0 Å². The Hall–Kier alpha value is -4.46. The Kier molecular flexibility index (Phi) is 11.6. The number of carbonyl (C=O) groups excluding carboxylic acids is 2. The van der Waals surface area contributed by atoms with Crippen molar-refractivity contribution in [2.75, 3.05) is 5.01 Å². The molecule has 0 fully saturated rings. The average molecular weight is 631 g/mol. The third-order valence-electron chi connectivity index (χ3n) is 6.08. The summed E-state index contributed by atoms with van der Waals surface area (Å²) in [7, 11) is 0. The first kappa shape index (κ1) is 31.8. The molecule has 1 amide bonds. The van der Waals surface area contributed by atoms with Crippen LogP contribution in [0.1, 0.15) is 21.5 Å². The van der Waals surface area contributed by atoms with E-state index in [2.05, 4.69) is 63.1 Å². The smallest absolute Gasteiger partial charge is 0.663 e. The van der Waals surface area contributed by atoms with Gasteiger partial charge in [0.2, 0.25) is 0 Å². The van der Waals surface area contributed by atoms with E-state index >= 15 is 0 Å². The molecule has 6 rings (SSSR count). The van der Waals surface area contributed by atoms with Crippen LogP contribution in [-0.2, 0) is 31.6 Å². The summed E-state index contributed by atoms with van der Waals surface area (Å²) in [6.07, 6.45) is 14.1. The molecule has 0 radical (unpaired) electrons. The summed E-state index contributed by atoms with van der Waals surface area (Å²) < 4.78 is 0. The second-order valence-electron chi connectivity index (χ2n) is 8.50. The van der Waals surface area contributed by atoms with Crippen molar-refractivity contribution in [1.29, 1.82) is 0 Å². The molecule has 0 aliphatic carbocycles. The Morgan fingerprint density at radius 3 is 2.30 bits per heavy atom. The molecule has 0 saturated heterocycles. The first-order valence-electron chi connectivity index (χ1n) is 11.9. The number of aromatic nitrogens is 1. The van der Waals surface area contributed by atoms with Gasteiger partial charge in [-0.15, -0.1) is 5.52 Å². The molecule has 0 bridgehead atoms. The minimum Gasteiger partial charge on any atom is -0.663 e. The molecule has 2 aliphatic heterocycles. The van der Waals surface area contributed by atoms with E-state index in [1.165, 1.54) is 11.3 Å².